The fourth-order valence-electron chi connectivity index (χ4n) is 3.75. The van der Waals surface area contributed by atoms with Crippen LogP contribution >= 0.6 is 11.3 Å². The summed E-state index contributed by atoms with van der Waals surface area (Å²) in [5.74, 6) is 1.60. The van der Waals surface area contributed by atoms with E-state index in [1.165, 1.54) is 17.4 Å². The summed E-state index contributed by atoms with van der Waals surface area (Å²) in [4.78, 5) is 12.5. The minimum atomic E-state index is -0.504. The molecule has 32 heavy (non-hydrogen) atoms. The molecule has 0 saturated heterocycles. The minimum absolute atomic E-state index is 0.0925. The number of thiophene rings is 1. The average Bonchev–Trinajstić information content (AvgIpc) is 3.53. The largest absolute Gasteiger partial charge is 0.421 e. The first-order chi connectivity index (χ1) is 15.7. The molecule has 1 aliphatic rings. The zero-order valence-corrected chi connectivity index (χ0v) is 18.1. The molecule has 0 bridgehead atoms. The summed E-state index contributed by atoms with van der Waals surface area (Å²) < 4.78 is 22.1. The molecule has 0 fully saturated rings. The Morgan fingerprint density at radius 3 is 2.94 bits per heavy atom. The van der Waals surface area contributed by atoms with Crippen LogP contribution in [0.3, 0.4) is 0 Å². The second-order valence-electron chi connectivity index (χ2n) is 7.66. The zero-order valence-electron chi connectivity index (χ0n) is 17.3. The lowest BCUT2D eigenvalue weighted by Gasteiger charge is -2.10. The van der Waals surface area contributed by atoms with Gasteiger partial charge in [0.25, 0.3) is 0 Å². The van der Waals surface area contributed by atoms with Gasteiger partial charge in [-0.25, -0.2) is 4.39 Å². The summed E-state index contributed by atoms with van der Waals surface area (Å²) in [7, 11) is 0. The maximum absolute atomic E-state index is 14.4. The van der Waals surface area contributed by atoms with E-state index in [9.17, 15) is 9.18 Å². The number of amides is 1. The molecule has 8 nitrogen and oxygen atoms in total. The van der Waals surface area contributed by atoms with Crippen molar-refractivity contribution >= 4 is 22.9 Å². The average molecular weight is 453 g/mol. The standard InChI is InChI=1S/C22H21FN6O2S/c23-16-6-5-14(21-27-25-18-4-2-1-3-10-29(18)21)12-17(16)24-19(30)7-8-20-26-28-22(31-20)15-9-11-32-13-15/h5-6,9,11-13H,1-4,7-8,10H2,(H,24,30). The van der Waals surface area contributed by atoms with Crippen LogP contribution in [0, 0.1) is 5.82 Å². The van der Waals surface area contributed by atoms with Gasteiger partial charge in [-0.3, -0.25) is 4.79 Å². The highest BCUT2D eigenvalue weighted by Crippen LogP contribution is 2.27. The first kappa shape index (κ1) is 20.5. The van der Waals surface area contributed by atoms with Crippen LogP contribution in [0.2, 0.25) is 0 Å². The number of aryl methyl sites for hydroxylation is 2. The summed E-state index contributed by atoms with van der Waals surface area (Å²) in [6, 6.07) is 6.50. The van der Waals surface area contributed by atoms with Crippen LogP contribution in [0.4, 0.5) is 10.1 Å². The quantitative estimate of drug-likeness (QED) is 0.463. The molecule has 0 atom stereocenters. The van der Waals surface area contributed by atoms with Crippen molar-refractivity contribution in [2.45, 2.75) is 45.1 Å². The van der Waals surface area contributed by atoms with Crippen LogP contribution < -0.4 is 5.32 Å². The molecular formula is C22H21FN6O2S. The number of fused-ring (bicyclic) bond motifs is 1. The molecule has 164 valence electrons. The number of hydrogen-bond acceptors (Lipinski definition) is 7. The van der Waals surface area contributed by atoms with Crippen molar-refractivity contribution in [3.63, 3.8) is 0 Å². The molecule has 0 radical (unpaired) electrons. The topological polar surface area (TPSA) is 98.7 Å². The number of carbonyl (C=O) groups excluding carboxylic acids is 1. The Morgan fingerprint density at radius 2 is 2.06 bits per heavy atom. The molecule has 0 aliphatic carbocycles. The molecule has 4 heterocycles. The summed E-state index contributed by atoms with van der Waals surface area (Å²) >= 11 is 1.54. The summed E-state index contributed by atoms with van der Waals surface area (Å²) in [5, 5.41) is 23.1. The van der Waals surface area contributed by atoms with Crippen LogP contribution in [-0.2, 0) is 24.2 Å². The van der Waals surface area contributed by atoms with Crippen LogP contribution in [-0.4, -0.2) is 30.9 Å². The fourth-order valence-corrected chi connectivity index (χ4v) is 4.38. The molecule has 0 spiro atoms. The van der Waals surface area contributed by atoms with Gasteiger partial charge in [0, 0.05) is 42.3 Å². The Morgan fingerprint density at radius 1 is 1.12 bits per heavy atom. The Balaban J connectivity index is 1.26. The van der Waals surface area contributed by atoms with E-state index in [1.807, 2.05) is 16.8 Å². The monoisotopic (exact) mass is 452 g/mol. The lowest BCUT2D eigenvalue weighted by molar-refractivity contribution is -0.116. The SMILES string of the molecule is O=C(CCc1nnc(-c2ccsc2)o1)Nc1cc(-c2nnc3n2CCCCC3)ccc1F. The Bertz CT molecular complexity index is 1230. The van der Waals surface area contributed by atoms with Gasteiger partial charge in [0.2, 0.25) is 17.7 Å². The van der Waals surface area contributed by atoms with E-state index in [0.29, 0.717) is 17.6 Å². The zero-order chi connectivity index (χ0) is 21.9. The Hall–Kier alpha value is -3.40. The predicted octanol–water partition coefficient (Wildman–Crippen LogP) is 4.49. The molecule has 0 unspecified atom stereocenters. The molecule has 1 aromatic carbocycles. The summed E-state index contributed by atoms with van der Waals surface area (Å²) in [6.45, 7) is 0.842. The van der Waals surface area contributed by atoms with Crippen molar-refractivity contribution in [3.8, 4) is 22.8 Å². The van der Waals surface area contributed by atoms with Crippen molar-refractivity contribution in [1.82, 2.24) is 25.0 Å². The maximum Gasteiger partial charge on any atom is 0.248 e. The van der Waals surface area contributed by atoms with E-state index < -0.39 is 5.82 Å². The molecule has 0 saturated carbocycles. The van der Waals surface area contributed by atoms with Gasteiger partial charge in [-0.2, -0.15) is 11.3 Å². The van der Waals surface area contributed by atoms with Crippen LogP contribution in [0.25, 0.3) is 22.8 Å². The van der Waals surface area contributed by atoms with Crippen LogP contribution in [0.5, 0.6) is 0 Å². The first-order valence-electron chi connectivity index (χ1n) is 10.5. The third kappa shape index (κ3) is 4.31. The van der Waals surface area contributed by atoms with E-state index in [-0.39, 0.29) is 24.4 Å². The summed E-state index contributed by atoms with van der Waals surface area (Å²) in [6.07, 6.45) is 4.56. The highest BCUT2D eigenvalue weighted by atomic mass is 32.1. The van der Waals surface area contributed by atoms with E-state index >= 15 is 0 Å². The number of hydrogen-bond donors (Lipinski definition) is 1. The fraction of sp³-hybridized carbons (Fsp3) is 0.318. The molecular weight excluding hydrogens is 431 g/mol. The molecule has 4 aromatic rings. The number of halogens is 1. The minimum Gasteiger partial charge on any atom is -0.421 e. The predicted molar refractivity (Wildman–Crippen MR) is 118 cm³/mol. The van der Waals surface area contributed by atoms with Gasteiger partial charge < -0.3 is 14.3 Å². The molecule has 1 aliphatic heterocycles. The third-order valence-electron chi connectivity index (χ3n) is 5.41. The molecule has 10 heteroatoms. The smallest absolute Gasteiger partial charge is 0.248 e. The van der Waals surface area contributed by atoms with Gasteiger partial charge >= 0.3 is 0 Å². The number of anilines is 1. The van der Waals surface area contributed by atoms with Crippen molar-refractivity contribution < 1.29 is 13.6 Å². The van der Waals surface area contributed by atoms with E-state index in [4.69, 9.17) is 4.42 Å². The molecule has 3 aromatic heterocycles. The molecule has 1 amide bonds. The van der Waals surface area contributed by atoms with Gasteiger partial charge in [-0.05, 0) is 42.5 Å². The van der Waals surface area contributed by atoms with E-state index in [0.717, 1.165) is 49.2 Å². The van der Waals surface area contributed by atoms with Gasteiger partial charge in [-0.15, -0.1) is 20.4 Å². The van der Waals surface area contributed by atoms with Crippen molar-refractivity contribution in [3.05, 3.63) is 52.6 Å². The first-order valence-corrected chi connectivity index (χ1v) is 11.5. The number of rotatable bonds is 6. The Labute approximate surface area is 187 Å². The van der Waals surface area contributed by atoms with Crippen LogP contribution in [0.1, 0.15) is 37.4 Å². The second-order valence-corrected chi connectivity index (χ2v) is 8.44. The Kier molecular flexibility index (Phi) is 5.76. The molecule has 1 N–H and O–H groups in total. The van der Waals surface area contributed by atoms with E-state index in [2.05, 4.69) is 30.3 Å². The number of carbonyl (C=O) groups is 1. The highest BCUT2D eigenvalue weighted by molar-refractivity contribution is 7.08. The van der Waals surface area contributed by atoms with Crippen molar-refractivity contribution in [2.75, 3.05) is 5.32 Å². The van der Waals surface area contributed by atoms with Crippen molar-refractivity contribution in [2.24, 2.45) is 0 Å². The van der Waals surface area contributed by atoms with Gasteiger partial charge in [-0.1, -0.05) is 6.42 Å². The van der Waals surface area contributed by atoms with Gasteiger partial charge in [0.05, 0.1) is 5.69 Å². The van der Waals surface area contributed by atoms with Crippen molar-refractivity contribution in [1.29, 1.82) is 0 Å². The number of benzene rings is 1. The number of nitrogens with zero attached hydrogens (tertiary/aromatic N) is 5. The lowest BCUT2D eigenvalue weighted by Crippen LogP contribution is -2.14. The number of aromatic nitrogens is 5. The maximum atomic E-state index is 14.4. The number of nitrogens with one attached hydrogen (secondary N) is 1. The normalized spacial score (nSPS) is 13.5. The van der Waals surface area contributed by atoms with Crippen LogP contribution in [0.15, 0.2) is 39.4 Å². The lowest BCUT2D eigenvalue weighted by atomic mass is 10.1. The van der Waals surface area contributed by atoms with E-state index in [1.54, 1.807) is 12.1 Å². The molecule has 5 rings (SSSR count). The van der Waals surface area contributed by atoms with Gasteiger partial charge in [0.15, 0.2) is 5.82 Å². The second kappa shape index (κ2) is 8.99. The third-order valence-corrected chi connectivity index (χ3v) is 6.09. The van der Waals surface area contributed by atoms with Gasteiger partial charge in [0.1, 0.15) is 11.6 Å². The summed E-state index contributed by atoms with van der Waals surface area (Å²) in [5.41, 5.74) is 1.69. The highest BCUT2D eigenvalue weighted by Gasteiger charge is 2.18.